The number of nitrogens with zero attached hydrogens (tertiary/aromatic N) is 2. The molecular formula is C52H42N2. The summed E-state index contributed by atoms with van der Waals surface area (Å²) in [5.41, 5.74) is 19.8. The van der Waals surface area contributed by atoms with E-state index in [9.17, 15) is 0 Å². The molecular weight excluding hydrogens is 653 g/mol. The van der Waals surface area contributed by atoms with Gasteiger partial charge in [-0.25, -0.2) is 0 Å². The average molecular weight is 695 g/mol. The largest absolute Gasteiger partial charge is 0.310 e. The van der Waals surface area contributed by atoms with Gasteiger partial charge in [-0.05, 0) is 130 Å². The molecule has 0 spiro atoms. The van der Waals surface area contributed by atoms with E-state index in [2.05, 4.69) is 207 Å². The molecule has 7 aromatic carbocycles. The van der Waals surface area contributed by atoms with Crippen LogP contribution in [0.2, 0.25) is 0 Å². The molecule has 0 aliphatic rings. The summed E-state index contributed by atoms with van der Waals surface area (Å²) in [5, 5.41) is 0. The van der Waals surface area contributed by atoms with E-state index >= 15 is 0 Å². The van der Waals surface area contributed by atoms with Gasteiger partial charge in [-0.2, -0.15) is 0 Å². The maximum atomic E-state index is 4.60. The van der Waals surface area contributed by atoms with Gasteiger partial charge in [0, 0.05) is 29.3 Å². The third-order valence-corrected chi connectivity index (χ3v) is 10.4. The summed E-state index contributed by atoms with van der Waals surface area (Å²) < 4.78 is 0. The van der Waals surface area contributed by atoms with Gasteiger partial charge in [0.2, 0.25) is 0 Å². The predicted molar refractivity (Wildman–Crippen MR) is 229 cm³/mol. The highest BCUT2D eigenvalue weighted by atomic mass is 15.1. The van der Waals surface area contributed by atoms with Crippen LogP contribution in [0.5, 0.6) is 0 Å². The van der Waals surface area contributed by atoms with Crippen molar-refractivity contribution in [2.45, 2.75) is 20.8 Å². The highest BCUT2D eigenvalue weighted by molar-refractivity contribution is 5.91. The number of aromatic nitrogens is 1. The molecule has 2 nitrogen and oxygen atoms in total. The molecule has 0 bridgehead atoms. The van der Waals surface area contributed by atoms with Gasteiger partial charge < -0.3 is 4.90 Å². The average Bonchev–Trinajstić information content (AvgIpc) is 3.22. The first-order valence-corrected chi connectivity index (χ1v) is 18.5. The molecule has 0 aliphatic heterocycles. The summed E-state index contributed by atoms with van der Waals surface area (Å²) in [7, 11) is 0. The Balaban J connectivity index is 1.17. The Hall–Kier alpha value is -6.77. The molecule has 8 aromatic rings. The number of para-hydroxylation sites is 1. The van der Waals surface area contributed by atoms with Gasteiger partial charge in [0.05, 0.1) is 5.69 Å². The standard InChI is InChI=1S/C52H42N2/c1-36-15-8-9-19-46(36)51-22-11-10-20-49(51)39(4)42-26-30-47(37(2)33-42)48-31-29-45(34-38(48)3)54(44-27-24-40(25-28-44)43-18-14-32-53-35-43)52-23-13-12-21-50(52)41-16-6-5-7-17-41/h5-35H,4H2,1-3H3. The first-order valence-electron chi connectivity index (χ1n) is 18.5. The van der Waals surface area contributed by atoms with Crippen molar-refractivity contribution in [3.8, 4) is 44.5 Å². The quantitative estimate of drug-likeness (QED) is 0.149. The lowest BCUT2D eigenvalue weighted by molar-refractivity contribution is 1.27. The number of aryl methyl sites for hydroxylation is 3. The van der Waals surface area contributed by atoms with Gasteiger partial charge in [-0.3, -0.25) is 4.98 Å². The van der Waals surface area contributed by atoms with E-state index in [0.717, 1.165) is 44.9 Å². The van der Waals surface area contributed by atoms with Crippen LogP contribution in [-0.2, 0) is 0 Å². The van der Waals surface area contributed by atoms with Gasteiger partial charge in [0.15, 0.2) is 0 Å². The Labute approximate surface area is 319 Å². The lowest BCUT2D eigenvalue weighted by Gasteiger charge is -2.29. The van der Waals surface area contributed by atoms with E-state index in [1.54, 1.807) is 0 Å². The molecule has 0 N–H and O–H groups in total. The Kier molecular flexibility index (Phi) is 9.58. The maximum absolute atomic E-state index is 4.60. The van der Waals surface area contributed by atoms with Crippen molar-refractivity contribution in [1.29, 1.82) is 0 Å². The second kappa shape index (κ2) is 15.1. The second-order valence-corrected chi connectivity index (χ2v) is 13.9. The first-order chi connectivity index (χ1) is 26.5. The third kappa shape index (κ3) is 6.78. The number of hydrogen-bond donors (Lipinski definition) is 0. The Morgan fingerprint density at radius 3 is 1.74 bits per heavy atom. The molecule has 260 valence electrons. The van der Waals surface area contributed by atoms with Gasteiger partial charge in [-0.1, -0.05) is 146 Å². The van der Waals surface area contributed by atoms with Gasteiger partial charge in [0.1, 0.15) is 0 Å². The summed E-state index contributed by atoms with van der Waals surface area (Å²) in [6, 6.07) is 62.9. The van der Waals surface area contributed by atoms with E-state index < -0.39 is 0 Å². The topological polar surface area (TPSA) is 16.1 Å². The fourth-order valence-electron chi connectivity index (χ4n) is 7.55. The molecule has 54 heavy (non-hydrogen) atoms. The number of pyridine rings is 1. The fraction of sp³-hybridized carbons (Fsp3) is 0.0577. The summed E-state index contributed by atoms with van der Waals surface area (Å²) in [6.45, 7) is 11.2. The molecule has 2 heteroatoms. The van der Waals surface area contributed by atoms with Gasteiger partial charge >= 0.3 is 0 Å². The van der Waals surface area contributed by atoms with Crippen LogP contribution in [-0.4, -0.2) is 4.98 Å². The minimum Gasteiger partial charge on any atom is -0.310 e. The fourth-order valence-corrected chi connectivity index (χ4v) is 7.55. The van der Waals surface area contributed by atoms with Gasteiger partial charge in [-0.15, -0.1) is 0 Å². The zero-order valence-electron chi connectivity index (χ0n) is 31.0. The monoisotopic (exact) mass is 694 g/mol. The Morgan fingerprint density at radius 2 is 1.04 bits per heavy atom. The van der Waals surface area contributed by atoms with Gasteiger partial charge in [0.25, 0.3) is 0 Å². The molecule has 8 rings (SSSR count). The predicted octanol–water partition coefficient (Wildman–Crippen LogP) is 14.2. The lowest BCUT2D eigenvalue weighted by Crippen LogP contribution is -2.11. The van der Waals surface area contributed by atoms with Crippen LogP contribution in [0.25, 0.3) is 50.1 Å². The SMILES string of the molecule is C=C(c1ccc(-c2ccc(N(c3ccc(-c4cccnc4)cc3)c3ccccc3-c3ccccc3)cc2C)c(C)c1)c1ccccc1-c1ccccc1C. The van der Waals surface area contributed by atoms with Crippen molar-refractivity contribution in [2.75, 3.05) is 4.90 Å². The summed E-state index contributed by atoms with van der Waals surface area (Å²) in [6.07, 6.45) is 3.72. The minimum absolute atomic E-state index is 1.03. The van der Waals surface area contributed by atoms with E-state index in [1.165, 1.54) is 50.1 Å². The number of hydrogen-bond acceptors (Lipinski definition) is 2. The van der Waals surface area contributed by atoms with Crippen LogP contribution in [0, 0.1) is 20.8 Å². The van der Waals surface area contributed by atoms with Crippen LogP contribution in [0.3, 0.4) is 0 Å². The maximum Gasteiger partial charge on any atom is 0.0540 e. The molecule has 1 aromatic heterocycles. The number of anilines is 3. The molecule has 0 aliphatic carbocycles. The molecule has 0 amide bonds. The number of benzene rings is 7. The number of rotatable bonds is 9. The van der Waals surface area contributed by atoms with Crippen LogP contribution in [0.4, 0.5) is 17.1 Å². The normalized spacial score (nSPS) is 10.9. The van der Waals surface area contributed by atoms with Crippen LogP contribution in [0.15, 0.2) is 195 Å². The molecule has 1 heterocycles. The smallest absolute Gasteiger partial charge is 0.0540 e. The van der Waals surface area contributed by atoms with Crippen molar-refractivity contribution >= 4 is 22.6 Å². The molecule has 0 saturated carbocycles. The summed E-state index contributed by atoms with van der Waals surface area (Å²) >= 11 is 0. The highest BCUT2D eigenvalue weighted by Gasteiger charge is 2.19. The van der Waals surface area contributed by atoms with Crippen molar-refractivity contribution < 1.29 is 0 Å². The van der Waals surface area contributed by atoms with Crippen molar-refractivity contribution in [3.63, 3.8) is 0 Å². The second-order valence-electron chi connectivity index (χ2n) is 13.9. The first kappa shape index (κ1) is 34.3. The zero-order chi connectivity index (χ0) is 37.0. The van der Waals surface area contributed by atoms with Crippen LogP contribution in [0.1, 0.15) is 27.8 Å². The van der Waals surface area contributed by atoms with Crippen molar-refractivity contribution in [2.24, 2.45) is 0 Å². The Morgan fingerprint density at radius 1 is 0.444 bits per heavy atom. The van der Waals surface area contributed by atoms with Crippen molar-refractivity contribution in [1.82, 2.24) is 4.98 Å². The molecule has 0 fully saturated rings. The van der Waals surface area contributed by atoms with E-state index in [-0.39, 0.29) is 0 Å². The zero-order valence-corrected chi connectivity index (χ0v) is 31.0. The summed E-state index contributed by atoms with van der Waals surface area (Å²) in [5.74, 6) is 0. The van der Waals surface area contributed by atoms with Crippen molar-refractivity contribution in [3.05, 3.63) is 223 Å². The molecule has 0 atom stereocenters. The van der Waals surface area contributed by atoms with Crippen LogP contribution < -0.4 is 4.90 Å². The third-order valence-electron chi connectivity index (χ3n) is 10.4. The van der Waals surface area contributed by atoms with Crippen LogP contribution >= 0.6 is 0 Å². The van der Waals surface area contributed by atoms with E-state index in [0.29, 0.717) is 0 Å². The molecule has 0 radical (unpaired) electrons. The molecule has 0 saturated heterocycles. The van der Waals surface area contributed by atoms with E-state index in [4.69, 9.17) is 0 Å². The Bertz CT molecular complexity index is 2580. The molecule has 0 unspecified atom stereocenters. The minimum atomic E-state index is 1.03. The van der Waals surface area contributed by atoms with E-state index in [1.807, 2.05) is 18.5 Å². The lowest BCUT2D eigenvalue weighted by atomic mass is 9.88. The summed E-state index contributed by atoms with van der Waals surface area (Å²) in [4.78, 5) is 6.71. The highest BCUT2D eigenvalue weighted by Crippen LogP contribution is 2.43.